The Labute approximate surface area is 213 Å². The van der Waals surface area contributed by atoms with Gasteiger partial charge in [0.05, 0.1) is 32.2 Å². The summed E-state index contributed by atoms with van der Waals surface area (Å²) in [5.41, 5.74) is 0.889. The molecule has 0 radical (unpaired) electrons. The molecule has 4 rings (SSSR count). The van der Waals surface area contributed by atoms with Gasteiger partial charge < -0.3 is 9.30 Å². The molecule has 36 heavy (non-hydrogen) atoms. The number of sulfonamides is 2. The Bertz CT molecular complexity index is 1600. The fourth-order valence-corrected chi connectivity index (χ4v) is 7.30. The second-order valence-electron chi connectivity index (χ2n) is 8.48. The average Bonchev–Trinajstić information content (AvgIpc) is 3.14. The molecule has 3 aromatic rings. The van der Waals surface area contributed by atoms with Crippen molar-refractivity contribution in [2.45, 2.75) is 42.4 Å². The summed E-state index contributed by atoms with van der Waals surface area (Å²) in [6.07, 6.45) is 1.21. The number of primary sulfonamides is 1. The molecular weight excluding hydrogens is 524 g/mol. The molecular formula is C23H26N4O6S3. The predicted octanol–water partition coefficient (Wildman–Crippen LogP) is 2.08. The zero-order valence-corrected chi connectivity index (χ0v) is 22.1. The van der Waals surface area contributed by atoms with Crippen molar-refractivity contribution in [1.82, 2.24) is 8.87 Å². The second kappa shape index (κ2) is 10.00. The quantitative estimate of drug-likeness (QED) is 0.466. The van der Waals surface area contributed by atoms with E-state index in [1.807, 2.05) is 13.8 Å². The predicted molar refractivity (Wildman–Crippen MR) is 136 cm³/mol. The van der Waals surface area contributed by atoms with E-state index in [1.54, 1.807) is 16.7 Å². The third-order valence-electron chi connectivity index (χ3n) is 5.62. The van der Waals surface area contributed by atoms with E-state index >= 15 is 0 Å². The molecule has 1 fully saturated rings. The molecule has 2 atom stereocenters. The standard InChI is InChI=1S/C23H26N4O6S3/c1-4-11-27-20-10-9-19(35(24,29)30)12-21(20)34-23(27)25-22(28)17-5-7-18(8-6-17)36(31,32)26-13-15(2)33-16(3)14-26/h4-10,12,15-16H,1,11,13-14H2,2-3H3,(H2,24,29,30). The van der Waals surface area contributed by atoms with Gasteiger partial charge in [-0.2, -0.15) is 9.30 Å². The lowest BCUT2D eigenvalue weighted by atomic mass is 10.2. The Morgan fingerprint density at radius 1 is 1.11 bits per heavy atom. The van der Waals surface area contributed by atoms with Gasteiger partial charge in [0, 0.05) is 25.2 Å². The summed E-state index contributed by atoms with van der Waals surface area (Å²) >= 11 is 1.14. The van der Waals surface area contributed by atoms with Crippen LogP contribution in [0.25, 0.3) is 10.2 Å². The number of aromatic nitrogens is 1. The summed E-state index contributed by atoms with van der Waals surface area (Å²) in [4.78, 5) is 17.5. The van der Waals surface area contributed by atoms with Crippen molar-refractivity contribution in [1.29, 1.82) is 0 Å². The SMILES string of the molecule is C=CCn1c(=NC(=O)c2ccc(S(=O)(=O)N3CC(C)OC(C)C3)cc2)sc2cc(S(N)(=O)=O)ccc21. The fourth-order valence-electron chi connectivity index (χ4n) is 4.02. The smallest absolute Gasteiger partial charge is 0.279 e. The van der Waals surface area contributed by atoms with Crippen molar-refractivity contribution in [3.63, 3.8) is 0 Å². The number of carbonyl (C=O) groups is 1. The Kier molecular flexibility index (Phi) is 7.33. The van der Waals surface area contributed by atoms with Gasteiger partial charge in [-0.15, -0.1) is 6.58 Å². The number of morpholine rings is 1. The van der Waals surface area contributed by atoms with Gasteiger partial charge in [0.2, 0.25) is 20.0 Å². The Morgan fingerprint density at radius 2 is 1.72 bits per heavy atom. The van der Waals surface area contributed by atoms with Crippen LogP contribution in [0.2, 0.25) is 0 Å². The van der Waals surface area contributed by atoms with Crippen LogP contribution in [-0.4, -0.2) is 56.9 Å². The highest BCUT2D eigenvalue weighted by Crippen LogP contribution is 2.23. The maximum Gasteiger partial charge on any atom is 0.279 e. The average molecular weight is 551 g/mol. The van der Waals surface area contributed by atoms with E-state index in [1.165, 1.54) is 40.7 Å². The number of allylic oxidation sites excluding steroid dienone is 1. The minimum absolute atomic E-state index is 0.0410. The molecule has 1 amide bonds. The minimum Gasteiger partial charge on any atom is -0.373 e. The fraction of sp³-hybridized carbons (Fsp3) is 0.304. The molecule has 2 heterocycles. The number of nitrogens with two attached hydrogens (primary N) is 1. The maximum absolute atomic E-state index is 13.1. The Balaban J connectivity index is 1.67. The van der Waals surface area contributed by atoms with Crippen LogP contribution in [0.5, 0.6) is 0 Å². The molecule has 2 N–H and O–H groups in total. The number of amides is 1. The first-order valence-corrected chi connectivity index (χ1v) is 14.8. The van der Waals surface area contributed by atoms with Crippen molar-refractivity contribution in [2.24, 2.45) is 10.1 Å². The van der Waals surface area contributed by atoms with Gasteiger partial charge in [-0.25, -0.2) is 22.0 Å². The first-order valence-electron chi connectivity index (χ1n) is 11.0. The third kappa shape index (κ3) is 5.36. The van der Waals surface area contributed by atoms with Crippen molar-refractivity contribution >= 4 is 47.5 Å². The highest BCUT2D eigenvalue weighted by Gasteiger charge is 2.32. The van der Waals surface area contributed by atoms with Crippen LogP contribution in [0, 0.1) is 0 Å². The van der Waals surface area contributed by atoms with Gasteiger partial charge >= 0.3 is 0 Å². The minimum atomic E-state index is -3.89. The highest BCUT2D eigenvalue weighted by molar-refractivity contribution is 7.89. The van der Waals surface area contributed by atoms with Crippen LogP contribution in [0.15, 0.2) is 69.9 Å². The summed E-state index contributed by atoms with van der Waals surface area (Å²) in [6.45, 7) is 8.23. The Hall–Kier alpha value is -2.68. The molecule has 0 aliphatic carbocycles. The number of carbonyl (C=O) groups excluding carboxylic acids is 1. The van der Waals surface area contributed by atoms with Crippen LogP contribution >= 0.6 is 11.3 Å². The first-order chi connectivity index (χ1) is 16.9. The lowest BCUT2D eigenvalue weighted by Gasteiger charge is -2.34. The maximum atomic E-state index is 13.1. The molecule has 1 aliphatic rings. The highest BCUT2D eigenvalue weighted by atomic mass is 32.2. The lowest BCUT2D eigenvalue weighted by molar-refractivity contribution is -0.0440. The Morgan fingerprint density at radius 3 is 2.31 bits per heavy atom. The molecule has 2 unspecified atom stereocenters. The van der Waals surface area contributed by atoms with E-state index in [4.69, 9.17) is 9.88 Å². The monoisotopic (exact) mass is 550 g/mol. The number of hydrogen-bond acceptors (Lipinski definition) is 7. The van der Waals surface area contributed by atoms with Crippen molar-refractivity contribution in [2.75, 3.05) is 13.1 Å². The third-order valence-corrected chi connectivity index (χ3v) is 9.41. The van der Waals surface area contributed by atoms with Crippen molar-refractivity contribution in [3.8, 4) is 0 Å². The van der Waals surface area contributed by atoms with E-state index in [2.05, 4.69) is 11.6 Å². The summed E-state index contributed by atoms with van der Waals surface area (Å²) in [5, 5.41) is 5.24. The number of hydrogen-bond donors (Lipinski definition) is 1. The summed E-state index contributed by atoms with van der Waals surface area (Å²) < 4.78 is 58.9. The second-order valence-corrected chi connectivity index (χ2v) is 13.0. The van der Waals surface area contributed by atoms with Crippen LogP contribution in [0.4, 0.5) is 0 Å². The van der Waals surface area contributed by atoms with Crippen LogP contribution in [0.3, 0.4) is 0 Å². The van der Waals surface area contributed by atoms with E-state index in [0.717, 1.165) is 11.3 Å². The topological polar surface area (TPSA) is 141 Å². The molecule has 2 aromatic carbocycles. The van der Waals surface area contributed by atoms with Crippen molar-refractivity contribution in [3.05, 3.63) is 65.5 Å². The normalized spacial score (nSPS) is 20.0. The van der Waals surface area contributed by atoms with Crippen LogP contribution in [0.1, 0.15) is 24.2 Å². The number of benzene rings is 2. The first kappa shape index (κ1) is 26.4. The molecule has 10 nitrogen and oxygen atoms in total. The molecule has 13 heteroatoms. The van der Waals surface area contributed by atoms with Gasteiger partial charge in [0.15, 0.2) is 4.80 Å². The molecule has 0 saturated carbocycles. The van der Waals surface area contributed by atoms with E-state index in [9.17, 15) is 21.6 Å². The van der Waals surface area contributed by atoms with E-state index in [0.29, 0.717) is 21.6 Å². The number of fused-ring (bicyclic) bond motifs is 1. The van der Waals surface area contributed by atoms with Gasteiger partial charge in [-0.3, -0.25) is 4.79 Å². The number of rotatable bonds is 6. The molecule has 1 aliphatic heterocycles. The number of ether oxygens (including phenoxy) is 1. The van der Waals surface area contributed by atoms with Crippen LogP contribution in [-0.2, 0) is 31.3 Å². The van der Waals surface area contributed by atoms with Gasteiger partial charge in [-0.1, -0.05) is 17.4 Å². The number of nitrogens with zero attached hydrogens (tertiary/aromatic N) is 3. The summed E-state index contributed by atoms with van der Waals surface area (Å²) in [5.74, 6) is -0.566. The zero-order valence-electron chi connectivity index (χ0n) is 19.7. The molecule has 0 spiro atoms. The largest absolute Gasteiger partial charge is 0.373 e. The molecule has 1 aromatic heterocycles. The van der Waals surface area contributed by atoms with E-state index < -0.39 is 26.0 Å². The van der Waals surface area contributed by atoms with Gasteiger partial charge in [0.1, 0.15) is 0 Å². The number of thiazole rings is 1. The van der Waals surface area contributed by atoms with Gasteiger partial charge in [0.25, 0.3) is 5.91 Å². The summed E-state index contributed by atoms with van der Waals surface area (Å²) in [7, 11) is -7.62. The lowest BCUT2D eigenvalue weighted by Crippen LogP contribution is -2.48. The molecule has 1 saturated heterocycles. The molecule has 0 bridgehead atoms. The molecule has 192 valence electrons. The van der Waals surface area contributed by atoms with E-state index in [-0.39, 0.29) is 40.7 Å². The summed E-state index contributed by atoms with van der Waals surface area (Å²) in [6, 6.07) is 10.1. The van der Waals surface area contributed by atoms with Gasteiger partial charge in [-0.05, 0) is 56.3 Å². The van der Waals surface area contributed by atoms with Crippen molar-refractivity contribution < 1.29 is 26.4 Å². The van der Waals surface area contributed by atoms with Crippen LogP contribution < -0.4 is 9.94 Å². The zero-order chi connectivity index (χ0) is 26.3.